The van der Waals surface area contributed by atoms with Gasteiger partial charge in [0.2, 0.25) is 0 Å². The first-order chi connectivity index (χ1) is 15.7. The van der Waals surface area contributed by atoms with E-state index in [9.17, 15) is 4.79 Å². The van der Waals surface area contributed by atoms with Crippen molar-refractivity contribution in [2.45, 2.75) is 31.8 Å². The first-order valence-corrected chi connectivity index (χ1v) is 12.0. The highest BCUT2D eigenvalue weighted by Gasteiger charge is 2.30. The van der Waals surface area contributed by atoms with Crippen LogP contribution in [0.15, 0.2) is 72.2 Å². The van der Waals surface area contributed by atoms with Crippen LogP contribution in [0, 0.1) is 0 Å². The van der Waals surface area contributed by atoms with Crippen LogP contribution < -0.4 is 5.32 Å². The number of nitrogens with one attached hydrogen (secondary N) is 1. The molecule has 1 aromatic carbocycles. The molecule has 4 aromatic rings. The number of carbonyl (C=O) groups is 1. The second-order valence-electron chi connectivity index (χ2n) is 8.25. The van der Waals surface area contributed by atoms with Gasteiger partial charge in [-0.25, -0.2) is 4.98 Å². The molecule has 2 atom stereocenters. The molecule has 0 unspecified atom stereocenters. The number of aromatic nitrogens is 2. The van der Waals surface area contributed by atoms with Crippen molar-refractivity contribution < 1.29 is 4.79 Å². The second-order valence-corrected chi connectivity index (χ2v) is 9.23. The zero-order valence-corrected chi connectivity index (χ0v) is 18.9. The monoisotopic (exact) mass is 442 g/mol. The van der Waals surface area contributed by atoms with Gasteiger partial charge in [-0.05, 0) is 68.6 Å². The van der Waals surface area contributed by atoms with Gasteiger partial charge in [-0.15, -0.1) is 11.3 Å². The maximum Gasteiger partial charge on any atom is 0.252 e. The third-order valence-electron chi connectivity index (χ3n) is 6.09. The molecule has 4 heterocycles. The summed E-state index contributed by atoms with van der Waals surface area (Å²) >= 11 is 1.76. The standard InChI is InChI=1S/C26H26N4OS/c1-18(25(24-12-8-16-32-24)30-14-6-7-15-30)28-26(31)20-17-23(22-11-4-5-13-27-22)29-21-10-3-2-9-19(20)21/h2-5,8-13,16-18,25H,6-7,14-15H2,1H3,(H,28,31)/t18-,25+/m0/s1. The smallest absolute Gasteiger partial charge is 0.252 e. The van der Waals surface area contributed by atoms with Crippen molar-refractivity contribution in [1.29, 1.82) is 0 Å². The molecule has 1 N–H and O–H groups in total. The lowest BCUT2D eigenvalue weighted by Gasteiger charge is -2.32. The van der Waals surface area contributed by atoms with Crippen molar-refractivity contribution in [3.8, 4) is 11.4 Å². The molecular formula is C26H26N4OS. The summed E-state index contributed by atoms with van der Waals surface area (Å²) in [6, 6.07) is 19.8. The van der Waals surface area contributed by atoms with E-state index in [-0.39, 0.29) is 18.0 Å². The third-order valence-corrected chi connectivity index (χ3v) is 7.03. The van der Waals surface area contributed by atoms with Crippen molar-refractivity contribution in [2.75, 3.05) is 13.1 Å². The number of para-hydroxylation sites is 1. The Labute approximate surface area is 192 Å². The minimum atomic E-state index is -0.0750. The van der Waals surface area contributed by atoms with Crippen molar-refractivity contribution >= 4 is 28.1 Å². The fraction of sp³-hybridized carbons (Fsp3) is 0.269. The van der Waals surface area contributed by atoms with E-state index in [0.717, 1.165) is 29.7 Å². The molecule has 1 saturated heterocycles. The summed E-state index contributed by atoms with van der Waals surface area (Å²) < 4.78 is 0. The van der Waals surface area contributed by atoms with Gasteiger partial charge < -0.3 is 5.32 Å². The lowest BCUT2D eigenvalue weighted by atomic mass is 10.0. The Balaban J connectivity index is 1.49. The van der Waals surface area contributed by atoms with Gasteiger partial charge in [-0.2, -0.15) is 0 Å². The fourth-order valence-corrected chi connectivity index (χ4v) is 5.56. The first kappa shape index (κ1) is 20.8. The SMILES string of the molecule is C[C@H](NC(=O)c1cc(-c2ccccn2)nc2ccccc12)[C@H](c1cccs1)N1CCCC1. The molecule has 1 aliphatic heterocycles. The predicted octanol–water partition coefficient (Wildman–Crippen LogP) is 5.31. The molecule has 0 radical (unpaired) electrons. The summed E-state index contributed by atoms with van der Waals surface area (Å²) in [4.78, 5) is 26.6. The number of thiophene rings is 1. The zero-order chi connectivity index (χ0) is 21.9. The molecule has 0 bridgehead atoms. The van der Waals surface area contributed by atoms with Crippen LogP contribution in [-0.4, -0.2) is 39.9 Å². The van der Waals surface area contributed by atoms with Gasteiger partial charge in [0.1, 0.15) is 0 Å². The molecule has 1 aliphatic rings. The Bertz CT molecular complexity index is 1200. The summed E-state index contributed by atoms with van der Waals surface area (Å²) in [5.41, 5.74) is 2.89. The van der Waals surface area contributed by atoms with Gasteiger partial charge in [0, 0.05) is 22.5 Å². The molecule has 5 nitrogen and oxygen atoms in total. The summed E-state index contributed by atoms with van der Waals surface area (Å²) in [5.74, 6) is -0.0750. The Morgan fingerprint density at radius 1 is 1.03 bits per heavy atom. The highest BCUT2D eigenvalue weighted by Crippen LogP contribution is 2.32. The van der Waals surface area contributed by atoms with Crippen LogP contribution in [0.4, 0.5) is 0 Å². The molecule has 0 saturated carbocycles. The van der Waals surface area contributed by atoms with Crippen LogP contribution in [0.5, 0.6) is 0 Å². The number of amides is 1. The highest BCUT2D eigenvalue weighted by molar-refractivity contribution is 7.10. The number of likely N-dealkylation sites (tertiary alicyclic amines) is 1. The quantitative estimate of drug-likeness (QED) is 0.439. The summed E-state index contributed by atoms with van der Waals surface area (Å²) in [6.07, 6.45) is 4.17. The molecule has 162 valence electrons. The molecule has 0 spiro atoms. The Morgan fingerprint density at radius 3 is 2.59 bits per heavy atom. The number of hydrogen-bond donors (Lipinski definition) is 1. The van der Waals surface area contributed by atoms with Gasteiger partial charge in [-0.3, -0.25) is 14.7 Å². The Morgan fingerprint density at radius 2 is 1.84 bits per heavy atom. The van der Waals surface area contributed by atoms with Crippen molar-refractivity contribution in [1.82, 2.24) is 20.2 Å². The van der Waals surface area contributed by atoms with Crippen LogP contribution >= 0.6 is 11.3 Å². The number of nitrogens with zero attached hydrogens (tertiary/aromatic N) is 3. The van der Waals surface area contributed by atoms with Gasteiger partial charge in [0.25, 0.3) is 5.91 Å². The lowest BCUT2D eigenvalue weighted by molar-refractivity contribution is 0.0909. The first-order valence-electron chi connectivity index (χ1n) is 11.1. The number of benzene rings is 1. The molecule has 1 fully saturated rings. The topological polar surface area (TPSA) is 58.1 Å². The van der Waals surface area contributed by atoms with Crippen molar-refractivity contribution in [3.05, 3.63) is 82.7 Å². The van der Waals surface area contributed by atoms with E-state index in [0.29, 0.717) is 11.3 Å². The molecule has 1 amide bonds. The molecule has 32 heavy (non-hydrogen) atoms. The number of fused-ring (bicyclic) bond motifs is 1. The average Bonchev–Trinajstić information content (AvgIpc) is 3.54. The minimum Gasteiger partial charge on any atom is -0.348 e. The summed E-state index contributed by atoms with van der Waals surface area (Å²) in [7, 11) is 0. The van der Waals surface area contributed by atoms with E-state index >= 15 is 0 Å². The molecule has 6 heteroatoms. The summed E-state index contributed by atoms with van der Waals surface area (Å²) in [5, 5.41) is 6.28. The van der Waals surface area contributed by atoms with Gasteiger partial charge in [-0.1, -0.05) is 30.3 Å². The zero-order valence-electron chi connectivity index (χ0n) is 18.1. The average molecular weight is 443 g/mol. The minimum absolute atomic E-state index is 0.0236. The largest absolute Gasteiger partial charge is 0.348 e. The molecule has 5 rings (SSSR count). The second kappa shape index (κ2) is 9.18. The predicted molar refractivity (Wildman–Crippen MR) is 130 cm³/mol. The van der Waals surface area contributed by atoms with E-state index in [2.05, 4.69) is 39.6 Å². The van der Waals surface area contributed by atoms with E-state index in [1.807, 2.05) is 48.5 Å². The lowest BCUT2D eigenvalue weighted by Crippen LogP contribution is -2.43. The maximum atomic E-state index is 13.6. The number of hydrogen-bond acceptors (Lipinski definition) is 5. The number of carbonyl (C=O) groups excluding carboxylic acids is 1. The van der Waals surface area contributed by atoms with Gasteiger partial charge in [0.05, 0.1) is 28.5 Å². The number of rotatable bonds is 6. The van der Waals surface area contributed by atoms with E-state index < -0.39 is 0 Å². The van der Waals surface area contributed by atoms with E-state index in [4.69, 9.17) is 4.98 Å². The Kier molecular flexibility index (Phi) is 5.97. The number of pyridine rings is 2. The van der Waals surface area contributed by atoms with E-state index in [1.165, 1.54) is 17.7 Å². The van der Waals surface area contributed by atoms with Crippen LogP contribution in [0.25, 0.3) is 22.3 Å². The highest BCUT2D eigenvalue weighted by atomic mass is 32.1. The van der Waals surface area contributed by atoms with Gasteiger partial charge >= 0.3 is 0 Å². The van der Waals surface area contributed by atoms with Crippen LogP contribution in [0.1, 0.15) is 41.0 Å². The normalized spacial score (nSPS) is 16.2. The third kappa shape index (κ3) is 4.16. The van der Waals surface area contributed by atoms with Crippen molar-refractivity contribution in [3.63, 3.8) is 0 Å². The van der Waals surface area contributed by atoms with Crippen LogP contribution in [-0.2, 0) is 0 Å². The van der Waals surface area contributed by atoms with Gasteiger partial charge in [0.15, 0.2) is 0 Å². The van der Waals surface area contributed by atoms with E-state index in [1.54, 1.807) is 17.5 Å². The van der Waals surface area contributed by atoms with Crippen molar-refractivity contribution in [2.24, 2.45) is 0 Å². The molecular weight excluding hydrogens is 416 g/mol. The maximum absolute atomic E-state index is 13.6. The summed E-state index contributed by atoms with van der Waals surface area (Å²) in [6.45, 7) is 4.26. The van der Waals surface area contributed by atoms with Crippen LogP contribution in [0.3, 0.4) is 0 Å². The molecule has 3 aromatic heterocycles. The fourth-order valence-electron chi connectivity index (χ4n) is 4.59. The van der Waals surface area contributed by atoms with Crippen LogP contribution in [0.2, 0.25) is 0 Å². The Hall–Kier alpha value is -3.09. The molecule has 0 aliphatic carbocycles.